The Morgan fingerprint density at radius 2 is 1.90 bits per heavy atom. The molecule has 1 unspecified atom stereocenters. The molecule has 2 rings (SSSR count). The van der Waals surface area contributed by atoms with Crippen molar-refractivity contribution in [2.24, 2.45) is 0 Å². The third kappa shape index (κ3) is 3.38. The number of benzene rings is 1. The van der Waals surface area contributed by atoms with E-state index in [0.29, 0.717) is 6.42 Å². The predicted octanol–water partition coefficient (Wildman–Crippen LogP) is 2.23. The highest BCUT2D eigenvalue weighted by Gasteiger charge is 2.34. The van der Waals surface area contributed by atoms with Crippen LogP contribution in [0.2, 0.25) is 0 Å². The molecule has 0 bridgehead atoms. The van der Waals surface area contributed by atoms with Crippen molar-refractivity contribution in [3.05, 3.63) is 35.4 Å². The van der Waals surface area contributed by atoms with Crippen LogP contribution in [0.3, 0.4) is 0 Å². The number of fused-ring (bicyclic) bond motifs is 1. The SMILES string of the molecule is CC(C)NC(C)(CCN1Cc2ccccc2C1)C(=O)O. The first kappa shape index (κ1) is 15.0. The van der Waals surface area contributed by atoms with E-state index in [1.54, 1.807) is 6.92 Å². The molecule has 1 aliphatic heterocycles. The molecule has 0 radical (unpaired) electrons. The molecular weight excluding hydrogens is 252 g/mol. The first-order chi connectivity index (χ1) is 9.40. The normalized spacial score (nSPS) is 18.0. The van der Waals surface area contributed by atoms with Gasteiger partial charge >= 0.3 is 5.97 Å². The van der Waals surface area contributed by atoms with Crippen molar-refractivity contribution in [3.63, 3.8) is 0 Å². The van der Waals surface area contributed by atoms with E-state index in [1.807, 2.05) is 13.8 Å². The van der Waals surface area contributed by atoms with Crippen molar-refractivity contribution in [3.8, 4) is 0 Å². The molecular formula is C16H24N2O2. The summed E-state index contributed by atoms with van der Waals surface area (Å²) in [6.45, 7) is 8.37. The van der Waals surface area contributed by atoms with Crippen molar-refractivity contribution in [1.29, 1.82) is 0 Å². The van der Waals surface area contributed by atoms with E-state index < -0.39 is 11.5 Å². The molecule has 1 aliphatic rings. The van der Waals surface area contributed by atoms with Crippen LogP contribution in [0.1, 0.15) is 38.3 Å². The van der Waals surface area contributed by atoms with Gasteiger partial charge in [0.15, 0.2) is 0 Å². The fourth-order valence-electron chi connectivity index (χ4n) is 2.82. The maximum atomic E-state index is 11.5. The second kappa shape index (κ2) is 5.94. The predicted molar refractivity (Wildman–Crippen MR) is 79.5 cm³/mol. The fourth-order valence-corrected chi connectivity index (χ4v) is 2.82. The third-order valence-electron chi connectivity index (χ3n) is 3.91. The molecule has 0 amide bonds. The molecule has 2 N–H and O–H groups in total. The van der Waals surface area contributed by atoms with Crippen LogP contribution in [0, 0.1) is 0 Å². The van der Waals surface area contributed by atoms with E-state index in [1.165, 1.54) is 11.1 Å². The van der Waals surface area contributed by atoms with Gasteiger partial charge in [-0.15, -0.1) is 0 Å². The summed E-state index contributed by atoms with van der Waals surface area (Å²) in [5.41, 5.74) is 1.87. The minimum absolute atomic E-state index is 0.159. The molecule has 4 heteroatoms. The zero-order chi connectivity index (χ0) is 14.8. The second-order valence-corrected chi connectivity index (χ2v) is 6.17. The summed E-state index contributed by atoms with van der Waals surface area (Å²) < 4.78 is 0. The van der Waals surface area contributed by atoms with Gasteiger partial charge in [0.25, 0.3) is 0 Å². The van der Waals surface area contributed by atoms with Crippen molar-refractivity contribution < 1.29 is 9.90 Å². The minimum Gasteiger partial charge on any atom is -0.480 e. The van der Waals surface area contributed by atoms with Crippen LogP contribution in [0.4, 0.5) is 0 Å². The fraction of sp³-hybridized carbons (Fsp3) is 0.562. The average Bonchev–Trinajstić information content (AvgIpc) is 2.78. The highest BCUT2D eigenvalue weighted by molar-refractivity contribution is 5.78. The van der Waals surface area contributed by atoms with Crippen LogP contribution in [0.5, 0.6) is 0 Å². The van der Waals surface area contributed by atoms with Gasteiger partial charge in [0.1, 0.15) is 5.54 Å². The zero-order valence-electron chi connectivity index (χ0n) is 12.5. The quantitative estimate of drug-likeness (QED) is 0.836. The monoisotopic (exact) mass is 276 g/mol. The van der Waals surface area contributed by atoms with Gasteiger partial charge in [0, 0.05) is 25.7 Å². The Morgan fingerprint density at radius 1 is 1.35 bits per heavy atom. The summed E-state index contributed by atoms with van der Waals surface area (Å²) in [5, 5.41) is 12.6. The Labute approximate surface area is 120 Å². The van der Waals surface area contributed by atoms with Gasteiger partial charge in [-0.3, -0.25) is 15.0 Å². The van der Waals surface area contributed by atoms with Crippen LogP contribution >= 0.6 is 0 Å². The standard InChI is InChI=1S/C16H24N2O2/c1-12(2)17-16(3,15(19)20)8-9-18-10-13-6-4-5-7-14(13)11-18/h4-7,12,17H,8-11H2,1-3H3,(H,19,20). The molecule has 20 heavy (non-hydrogen) atoms. The summed E-state index contributed by atoms with van der Waals surface area (Å²) in [4.78, 5) is 13.8. The Hall–Kier alpha value is -1.39. The van der Waals surface area contributed by atoms with Gasteiger partial charge in [-0.1, -0.05) is 24.3 Å². The maximum Gasteiger partial charge on any atom is 0.323 e. The minimum atomic E-state index is -0.858. The number of aliphatic carboxylic acids is 1. The number of nitrogens with zero attached hydrogens (tertiary/aromatic N) is 1. The highest BCUT2D eigenvalue weighted by Crippen LogP contribution is 2.23. The van der Waals surface area contributed by atoms with E-state index in [-0.39, 0.29) is 6.04 Å². The molecule has 1 heterocycles. The molecule has 0 saturated heterocycles. The molecule has 4 nitrogen and oxygen atoms in total. The molecule has 1 aromatic rings. The van der Waals surface area contributed by atoms with E-state index in [9.17, 15) is 9.90 Å². The van der Waals surface area contributed by atoms with Crippen LogP contribution in [-0.2, 0) is 17.9 Å². The van der Waals surface area contributed by atoms with E-state index in [4.69, 9.17) is 0 Å². The van der Waals surface area contributed by atoms with Crippen molar-refractivity contribution in [2.45, 2.75) is 51.9 Å². The van der Waals surface area contributed by atoms with Crippen molar-refractivity contribution in [2.75, 3.05) is 6.54 Å². The largest absolute Gasteiger partial charge is 0.480 e. The van der Waals surface area contributed by atoms with Gasteiger partial charge in [-0.05, 0) is 38.3 Å². The molecule has 110 valence electrons. The zero-order valence-corrected chi connectivity index (χ0v) is 12.5. The maximum absolute atomic E-state index is 11.5. The third-order valence-corrected chi connectivity index (χ3v) is 3.91. The highest BCUT2D eigenvalue weighted by atomic mass is 16.4. The first-order valence-electron chi connectivity index (χ1n) is 7.21. The number of hydrogen-bond donors (Lipinski definition) is 2. The lowest BCUT2D eigenvalue weighted by molar-refractivity contribution is -0.145. The van der Waals surface area contributed by atoms with Gasteiger partial charge in [-0.25, -0.2) is 0 Å². The second-order valence-electron chi connectivity index (χ2n) is 6.17. The van der Waals surface area contributed by atoms with Crippen LogP contribution in [0.25, 0.3) is 0 Å². The summed E-state index contributed by atoms with van der Waals surface area (Å²) in [5.74, 6) is -0.775. The lowest BCUT2D eigenvalue weighted by Crippen LogP contribution is -2.53. The van der Waals surface area contributed by atoms with Gasteiger partial charge in [-0.2, -0.15) is 0 Å². The first-order valence-corrected chi connectivity index (χ1v) is 7.21. The number of carboxylic acid groups (broad SMARTS) is 1. The van der Waals surface area contributed by atoms with Gasteiger partial charge < -0.3 is 5.11 Å². The number of carboxylic acids is 1. The van der Waals surface area contributed by atoms with Gasteiger partial charge in [0.05, 0.1) is 0 Å². The van der Waals surface area contributed by atoms with Crippen molar-refractivity contribution in [1.82, 2.24) is 10.2 Å². The van der Waals surface area contributed by atoms with Crippen LogP contribution < -0.4 is 5.32 Å². The summed E-state index contributed by atoms with van der Waals surface area (Å²) in [6.07, 6.45) is 0.606. The molecule has 0 aliphatic carbocycles. The molecule has 0 spiro atoms. The smallest absolute Gasteiger partial charge is 0.323 e. The van der Waals surface area contributed by atoms with E-state index in [0.717, 1.165) is 19.6 Å². The molecule has 1 aromatic carbocycles. The number of carbonyl (C=O) groups is 1. The van der Waals surface area contributed by atoms with Gasteiger partial charge in [0.2, 0.25) is 0 Å². The van der Waals surface area contributed by atoms with Crippen LogP contribution in [-0.4, -0.2) is 34.1 Å². The number of nitrogens with one attached hydrogen (secondary N) is 1. The Morgan fingerprint density at radius 3 is 2.35 bits per heavy atom. The molecule has 0 saturated carbocycles. The molecule has 0 aromatic heterocycles. The average molecular weight is 276 g/mol. The van der Waals surface area contributed by atoms with E-state index in [2.05, 4.69) is 34.5 Å². The lowest BCUT2D eigenvalue weighted by atomic mass is 9.96. The Balaban J connectivity index is 1.93. The molecule has 1 atom stereocenters. The van der Waals surface area contributed by atoms with Crippen LogP contribution in [0.15, 0.2) is 24.3 Å². The van der Waals surface area contributed by atoms with Crippen molar-refractivity contribution >= 4 is 5.97 Å². The number of rotatable bonds is 6. The summed E-state index contributed by atoms with van der Waals surface area (Å²) in [6, 6.07) is 8.58. The Bertz CT molecular complexity index is 462. The molecule has 0 fully saturated rings. The summed E-state index contributed by atoms with van der Waals surface area (Å²) in [7, 11) is 0. The van der Waals surface area contributed by atoms with E-state index >= 15 is 0 Å². The Kier molecular flexibility index (Phi) is 4.45. The topological polar surface area (TPSA) is 52.6 Å². The lowest BCUT2D eigenvalue weighted by Gasteiger charge is -2.30. The summed E-state index contributed by atoms with van der Waals surface area (Å²) >= 11 is 0. The number of hydrogen-bond acceptors (Lipinski definition) is 3.